The Kier molecular flexibility index (Phi) is 6.65. The number of alkyl halides is 3. The number of hydrogen-bond donors (Lipinski definition) is 0. The smallest absolute Gasteiger partial charge is 0.341 e. The third-order valence-electron chi connectivity index (χ3n) is 5.44. The van der Waals surface area contributed by atoms with Crippen molar-refractivity contribution < 1.29 is 22.4 Å². The Morgan fingerprint density at radius 2 is 1.83 bits per heavy atom. The lowest BCUT2D eigenvalue weighted by molar-refractivity contribution is -0.140. The van der Waals surface area contributed by atoms with E-state index in [1.54, 1.807) is 24.1 Å². The average molecular weight is 463 g/mol. The van der Waals surface area contributed by atoms with Crippen LogP contribution in [0.4, 0.5) is 17.6 Å². The van der Waals surface area contributed by atoms with Crippen LogP contribution < -0.4 is 0 Å². The second-order valence-corrected chi connectivity index (χ2v) is 8.31. The average Bonchev–Trinajstić information content (AvgIpc) is 3.09. The highest BCUT2D eigenvalue weighted by Gasteiger charge is 2.38. The highest BCUT2D eigenvalue weighted by atomic mass is 35.5. The standard InChI is InChI=1S/C21H20Cl2F4N2O/c1-12(30)29-10-15(14-4-6-17(22)18(23)8-14)20(11-29)28(2)9-13-3-5-16(19(24)7-13)21(25,26)27/h3-8,15,20H,9-11H2,1-2H3. The van der Waals surface area contributed by atoms with E-state index in [0.29, 0.717) is 28.7 Å². The van der Waals surface area contributed by atoms with Crippen molar-refractivity contribution in [2.75, 3.05) is 20.1 Å². The Hall–Kier alpha value is -1.83. The first-order valence-corrected chi connectivity index (χ1v) is 9.99. The van der Waals surface area contributed by atoms with Gasteiger partial charge < -0.3 is 4.90 Å². The molecule has 0 bridgehead atoms. The van der Waals surface area contributed by atoms with Gasteiger partial charge in [-0.15, -0.1) is 0 Å². The van der Waals surface area contributed by atoms with E-state index < -0.39 is 17.6 Å². The predicted molar refractivity (Wildman–Crippen MR) is 108 cm³/mol. The number of carbonyl (C=O) groups is 1. The van der Waals surface area contributed by atoms with E-state index in [9.17, 15) is 22.4 Å². The number of benzene rings is 2. The Morgan fingerprint density at radius 3 is 2.40 bits per heavy atom. The van der Waals surface area contributed by atoms with Crippen molar-refractivity contribution in [1.29, 1.82) is 0 Å². The second kappa shape index (κ2) is 8.73. The number of nitrogens with zero attached hydrogens (tertiary/aromatic N) is 2. The summed E-state index contributed by atoms with van der Waals surface area (Å²) in [5.74, 6) is -1.45. The summed E-state index contributed by atoms with van der Waals surface area (Å²) in [5.41, 5.74) is 0.0342. The topological polar surface area (TPSA) is 23.6 Å². The molecule has 1 heterocycles. The molecule has 2 atom stereocenters. The minimum absolute atomic E-state index is 0.0727. The summed E-state index contributed by atoms with van der Waals surface area (Å²) in [6.07, 6.45) is -4.74. The van der Waals surface area contributed by atoms with E-state index in [1.807, 2.05) is 11.0 Å². The lowest BCUT2D eigenvalue weighted by atomic mass is 9.93. The number of likely N-dealkylation sites (tertiary alicyclic amines) is 1. The lowest BCUT2D eigenvalue weighted by Crippen LogP contribution is -2.37. The fourth-order valence-electron chi connectivity index (χ4n) is 3.85. The molecule has 1 fully saturated rings. The minimum Gasteiger partial charge on any atom is -0.341 e. The summed E-state index contributed by atoms with van der Waals surface area (Å²) in [6.45, 7) is 2.63. The molecule has 9 heteroatoms. The van der Waals surface area contributed by atoms with E-state index in [1.165, 1.54) is 13.0 Å². The van der Waals surface area contributed by atoms with Crippen molar-refractivity contribution in [3.8, 4) is 0 Å². The number of carbonyl (C=O) groups excluding carboxylic acids is 1. The molecule has 1 aliphatic heterocycles. The molecule has 0 aromatic heterocycles. The van der Waals surface area contributed by atoms with Crippen molar-refractivity contribution >= 4 is 29.1 Å². The van der Waals surface area contributed by atoms with Crippen LogP contribution in [0.25, 0.3) is 0 Å². The number of likely N-dealkylation sites (N-methyl/N-ethyl adjacent to an activating group) is 1. The molecule has 0 saturated carbocycles. The largest absolute Gasteiger partial charge is 0.419 e. The number of rotatable bonds is 4. The Morgan fingerprint density at radius 1 is 1.13 bits per heavy atom. The summed E-state index contributed by atoms with van der Waals surface area (Å²) < 4.78 is 52.3. The second-order valence-electron chi connectivity index (χ2n) is 7.50. The van der Waals surface area contributed by atoms with Crippen molar-refractivity contribution in [3.63, 3.8) is 0 Å². The van der Waals surface area contributed by atoms with Gasteiger partial charge in [0.25, 0.3) is 0 Å². The number of amides is 1. The van der Waals surface area contributed by atoms with Crippen LogP contribution >= 0.6 is 23.2 Å². The minimum atomic E-state index is -4.74. The van der Waals surface area contributed by atoms with Gasteiger partial charge in [-0.25, -0.2) is 4.39 Å². The molecule has 2 aromatic rings. The van der Waals surface area contributed by atoms with E-state index in [4.69, 9.17) is 23.2 Å². The van der Waals surface area contributed by atoms with E-state index in [-0.39, 0.29) is 24.4 Å². The number of halogens is 6. The first-order chi connectivity index (χ1) is 14.0. The third-order valence-corrected chi connectivity index (χ3v) is 6.18. The molecule has 1 amide bonds. The molecule has 162 valence electrons. The molecular weight excluding hydrogens is 443 g/mol. The fraction of sp³-hybridized carbons (Fsp3) is 0.381. The molecule has 30 heavy (non-hydrogen) atoms. The highest BCUT2D eigenvalue weighted by Crippen LogP contribution is 2.35. The maximum absolute atomic E-state index is 13.9. The van der Waals surface area contributed by atoms with Crippen LogP contribution in [0, 0.1) is 5.82 Å². The van der Waals surface area contributed by atoms with Crippen LogP contribution in [-0.4, -0.2) is 41.9 Å². The van der Waals surface area contributed by atoms with Gasteiger partial charge in [0, 0.05) is 38.5 Å². The van der Waals surface area contributed by atoms with Gasteiger partial charge in [-0.1, -0.05) is 35.3 Å². The zero-order valence-electron chi connectivity index (χ0n) is 16.3. The summed E-state index contributed by atoms with van der Waals surface area (Å²) in [7, 11) is 1.80. The fourth-order valence-corrected chi connectivity index (χ4v) is 4.16. The highest BCUT2D eigenvalue weighted by molar-refractivity contribution is 6.42. The quantitative estimate of drug-likeness (QED) is 0.552. The van der Waals surface area contributed by atoms with Gasteiger partial charge in [-0.3, -0.25) is 9.69 Å². The van der Waals surface area contributed by atoms with Gasteiger partial charge in [0.2, 0.25) is 5.91 Å². The van der Waals surface area contributed by atoms with Crippen LogP contribution in [0.5, 0.6) is 0 Å². The predicted octanol–water partition coefficient (Wildman–Crippen LogP) is 5.60. The molecular formula is C21H20Cl2F4N2O. The number of hydrogen-bond acceptors (Lipinski definition) is 2. The first kappa shape index (κ1) is 22.8. The van der Waals surface area contributed by atoms with E-state index >= 15 is 0 Å². The normalized spacial score (nSPS) is 19.6. The summed E-state index contributed by atoms with van der Waals surface area (Å²) in [5, 5.41) is 0.827. The monoisotopic (exact) mass is 462 g/mol. The summed E-state index contributed by atoms with van der Waals surface area (Å²) in [6, 6.07) is 8.11. The molecule has 1 aliphatic rings. The molecule has 2 unspecified atom stereocenters. The van der Waals surface area contributed by atoms with Crippen molar-refractivity contribution in [2.45, 2.75) is 31.6 Å². The molecule has 3 rings (SSSR count). The molecule has 0 spiro atoms. The van der Waals surface area contributed by atoms with E-state index in [2.05, 4.69) is 0 Å². The van der Waals surface area contributed by atoms with Crippen LogP contribution in [0.2, 0.25) is 10.0 Å². The maximum Gasteiger partial charge on any atom is 0.419 e. The molecule has 0 N–H and O–H groups in total. The third kappa shape index (κ3) is 4.90. The van der Waals surface area contributed by atoms with Crippen molar-refractivity contribution in [2.24, 2.45) is 0 Å². The van der Waals surface area contributed by atoms with Gasteiger partial charge in [0.1, 0.15) is 5.82 Å². The molecule has 0 aliphatic carbocycles. The van der Waals surface area contributed by atoms with Gasteiger partial charge >= 0.3 is 6.18 Å². The SMILES string of the molecule is CC(=O)N1CC(c2ccc(Cl)c(Cl)c2)C(N(C)Cc2ccc(C(F)(F)F)c(F)c2)C1. The molecule has 3 nitrogen and oxygen atoms in total. The van der Waals surface area contributed by atoms with Gasteiger partial charge in [-0.05, 0) is 42.4 Å². The van der Waals surface area contributed by atoms with E-state index in [0.717, 1.165) is 17.7 Å². The van der Waals surface area contributed by atoms with Gasteiger partial charge in [-0.2, -0.15) is 13.2 Å². The molecule has 2 aromatic carbocycles. The Labute approximate surface area is 182 Å². The van der Waals surface area contributed by atoms with Gasteiger partial charge in [0.05, 0.1) is 15.6 Å². The lowest BCUT2D eigenvalue weighted by Gasteiger charge is -2.29. The zero-order chi connectivity index (χ0) is 22.2. The molecule has 1 saturated heterocycles. The van der Waals surface area contributed by atoms with Gasteiger partial charge in [0.15, 0.2) is 0 Å². The first-order valence-electron chi connectivity index (χ1n) is 9.23. The Balaban J connectivity index is 1.84. The van der Waals surface area contributed by atoms with Crippen molar-refractivity contribution in [1.82, 2.24) is 9.80 Å². The van der Waals surface area contributed by atoms with Crippen LogP contribution in [0.15, 0.2) is 36.4 Å². The summed E-state index contributed by atoms with van der Waals surface area (Å²) >= 11 is 12.2. The van der Waals surface area contributed by atoms with Crippen molar-refractivity contribution in [3.05, 3.63) is 69.0 Å². The van der Waals surface area contributed by atoms with Crippen LogP contribution in [0.3, 0.4) is 0 Å². The zero-order valence-corrected chi connectivity index (χ0v) is 17.8. The van der Waals surface area contributed by atoms with Crippen LogP contribution in [0.1, 0.15) is 29.5 Å². The maximum atomic E-state index is 13.9. The Bertz CT molecular complexity index is 951. The van der Waals surface area contributed by atoms with Crippen LogP contribution in [-0.2, 0) is 17.5 Å². The molecule has 0 radical (unpaired) electrons. The summed E-state index contributed by atoms with van der Waals surface area (Å²) in [4.78, 5) is 15.6.